The van der Waals surface area contributed by atoms with Crippen molar-refractivity contribution in [2.45, 2.75) is 26.1 Å². The predicted octanol–water partition coefficient (Wildman–Crippen LogP) is 5.34. The number of nitrogens with one attached hydrogen (secondary N) is 3. The maximum Gasteiger partial charge on any atom is 0.425 e. The van der Waals surface area contributed by atoms with Crippen LogP contribution in [0.3, 0.4) is 0 Å². The van der Waals surface area contributed by atoms with Gasteiger partial charge in [0, 0.05) is 12.6 Å². The zero-order valence-electron chi connectivity index (χ0n) is 16.2. The Hall–Kier alpha value is -3.08. The second-order valence-electron chi connectivity index (χ2n) is 6.17. The molecule has 168 valence electrons. The topological polar surface area (TPSA) is 79.5 Å². The first-order chi connectivity index (χ1) is 14.4. The van der Waals surface area contributed by atoms with E-state index in [0.717, 1.165) is 12.1 Å². The van der Waals surface area contributed by atoms with E-state index in [1.54, 1.807) is 6.92 Å². The molecule has 0 saturated carbocycles. The number of para-hydroxylation sites is 1. The SMILES string of the molecule is CCNC(=O)Nc1cc(OC(C)C(F)(F)F)c(C(=O)Nc2c(F)cccc2Cl)cc1F. The molecule has 0 heterocycles. The molecule has 2 rings (SSSR count). The first-order valence-electron chi connectivity index (χ1n) is 8.81. The summed E-state index contributed by atoms with van der Waals surface area (Å²) in [6, 6.07) is 3.99. The molecule has 1 unspecified atom stereocenters. The number of halogens is 6. The van der Waals surface area contributed by atoms with Crippen LogP contribution in [-0.4, -0.2) is 30.8 Å². The van der Waals surface area contributed by atoms with Crippen LogP contribution in [0.2, 0.25) is 5.02 Å². The third kappa shape index (κ3) is 6.20. The maximum atomic E-state index is 14.5. The third-order valence-corrected chi connectivity index (χ3v) is 4.18. The summed E-state index contributed by atoms with van der Waals surface area (Å²) in [6.45, 7) is 2.47. The highest BCUT2D eigenvalue weighted by Gasteiger charge is 2.39. The van der Waals surface area contributed by atoms with Gasteiger partial charge in [-0.3, -0.25) is 4.79 Å². The predicted molar refractivity (Wildman–Crippen MR) is 105 cm³/mol. The molecule has 0 radical (unpaired) electrons. The highest BCUT2D eigenvalue weighted by molar-refractivity contribution is 6.34. The van der Waals surface area contributed by atoms with E-state index in [2.05, 4.69) is 16.0 Å². The zero-order chi connectivity index (χ0) is 23.3. The van der Waals surface area contributed by atoms with Gasteiger partial charge in [-0.25, -0.2) is 13.6 Å². The minimum Gasteiger partial charge on any atom is -0.480 e. The fourth-order valence-electron chi connectivity index (χ4n) is 2.31. The molecule has 6 nitrogen and oxygen atoms in total. The summed E-state index contributed by atoms with van der Waals surface area (Å²) in [7, 11) is 0. The highest BCUT2D eigenvalue weighted by atomic mass is 35.5. The van der Waals surface area contributed by atoms with Crippen LogP contribution in [0.25, 0.3) is 0 Å². The second kappa shape index (κ2) is 9.82. The van der Waals surface area contributed by atoms with Gasteiger partial charge in [-0.05, 0) is 32.0 Å². The summed E-state index contributed by atoms with van der Waals surface area (Å²) in [6.07, 6.45) is -7.18. The van der Waals surface area contributed by atoms with E-state index in [4.69, 9.17) is 16.3 Å². The van der Waals surface area contributed by atoms with E-state index in [9.17, 15) is 31.5 Å². The van der Waals surface area contributed by atoms with Gasteiger partial charge < -0.3 is 20.7 Å². The number of carbonyl (C=O) groups is 2. The van der Waals surface area contributed by atoms with Crippen molar-refractivity contribution in [3.8, 4) is 5.75 Å². The number of ether oxygens (including phenoxy) is 1. The van der Waals surface area contributed by atoms with Gasteiger partial charge in [-0.15, -0.1) is 0 Å². The van der Waals surface area contributed by atoms with Crippen LogP contribution in [0, 0.1) is 11.6 Å². The van der Waals surface area contributed by atoms with E-state index in [1.807, 2.05) is 0 Å². The van der Waals surface area contributed by atoms with Gasteiger partial charge in [0.2, 0.25) is 0 Å². The lowest BCUT2D eigenvalue weighted by Gasteiger charge is -2.21. The summed E-state index contributed by atoms with van der Waals surface area (Å²) in [5, 5.41) is 6.31. The fraction of sp³-hybridized carbons (Fsp3) is 0.263. The molecule has 12 heteroatoms. The number of amides is 3. The molecular formula is C19H17ClF5N3O3. The Kier molecular flexibility index (Phi) is 7.66. The van der Waals surface area contributed by atoms with Crippen LogP contribution in [-0.2, 0) is 0 Å². The highest BCUT2D eigenvalue weighted by Crippen LogP contribution is 2.33. The van der Waals surface area contributed by atoms with Crippen LogP contribution in [0.4, 0.5) is 38.1 Å². The molecule has 0 aliphatic carbocycles. The van der Waals surface area contributed by atoms with Gasteiger partial charge in [-0.1, -0.05) is 17.7 Å². The number of alkyl halides is 3. The number of rotatable bonds is 6. The van der Waals surface area contributed by atoms with Crippen LogP contribution in [0.5, 0.6) is 5.75 Å². The molecule has 1 atom stereocenters. The minimum absolute atomic E-state index is 0.186. The Bertz CT molecular complexity index is 965. The lowest BCUT2D eigenvalue weighted by molar-refractivity contribution is -0.189. The van der Waals surface area contributed by atoms with Crippen molar-refractivity contribution >= 4 is 34.9 Å². The molecule has 0 fully saturated rings. The molecule has 2 aromatic carbocycles. The number of urea groups is 1. The average molecular weight is 466 g/mol. The summed E-state index contributed by atoms with van der Waals surface area (Å²) in [5.74, 6) is -3.92. The van der Waals surface area contributed by atoms with E-state index >= 15 is 0 Å². The summed E-state index contributed by atoms with van der Waals surface area (Å²) in [4.78, 5) is 24.2. The normalized spacial score (nSPS) is 12.1. The van der Waals surface area contributed by atoms with Gasteiger partial charge in [0.05, 0.1) is 22.0 Å². The first-order valence-corrected chi connectivity index (χ1v) is 9.19. The minimum atomic E-state index is -4.80. The van der Waals surface area contributed by atoms with Gasteiger partial charge in [0.1, 0.15) is 17.4 Å². The molecule has 0 aliphatic rings. The molecule has 2 aromatic rings. The molecule has 0 saturated heterocycles. The second-order valence-corrected chi connectivity index (χ2v) is 6.57. The van der Waals surface area contributed by atoms with E-state index in [-0.39, 0.29) is 11.6 Å². The Morgan fingerprint density at radius 3 is 2.39 bits per heavy atom. The Labute approximate surface area is 178 Å². The molecule has 3 amide bonds. The molecule has 31 heavy (non-hydrogen) atoms. The number of carbonyl (C=O) groups excluding carboxylic acids is 2. The quantitative estimate of drug-likeness (QED) is 0.504. The van der Waals surface area contributed by atoms with Crippen molar-refractivity contribution in [2.24, 2.45) is 0 Å². The zero-order valence-corrected chi connectivity index (χ0v) is 16.9. The molecule has 0 bridgehead atoms. The summed E-state index contributed by atoms with van der Waals surface area (Å²) >= 11 is 5.83. The summed E-state index contributed by atoms with van der Waals surface area (Å²) in [5.41, 5.74) is -1.65. The largest absolute Gasteiger partial charge is 0.480 e. The molecular weight excluding hydrogens is 449 g/mol. The summed E-state index contributed by atoms with van der Waals surface area (Å²) < 4.78 is 72.1. The van der Waals surface area contributed by atoms with Crippen molar-refractivity contribution in [1.82, 2.24) is 5.32 Å². The van der Waals surface area contributed by atoms with Crippen molar-refractivity contribution in [1.29, 1.82) is 0 Å². The van der Waals surface area contributed by atoms with Crippen LogP contribution in [0.15, 0.2) is 30.3 Å². The fourth-order valence-corrected chi connectivity index (χ4v) is 2.52. The Morgan fingerprint density at radius 2 is 1.81 bits per heavy atom. The number of anilines is 2. The maximum absolute atomic E-state index is 14.5. The van der Waals surface area contributed by atoms with Gasteiger partial charge >= 0.3 is 12.2 Å². The average Bonchev–Trinajstić information content (AvgIpc) is 2.66. The first kappa shape index (κ1) is 24.2. The molecule has 0 spiro atoms. The third-order valence-electron chi connectivity index (χ3n) is 3.87. The lowest BCUT2D eigenvalue weighted by atomic mass is 10.1. The number of hydrogen-bond acceptors (Lipinski definition) is 3. The molecule has 0 aliphatic heterocycles. The smallest absolute Gasteiger partial charge is 0.425 e. The lowest BCUT2D eigenvalue weighted by Crippen LogP contribution is -2.32. The molecule has 3 N–H and O–H groups in total. The van der Waals surface area contributed by atoms with Gasteiger partial charge in [0.15, 0.2) is 6.10 Å². The Morgan fingerprint density at radius 1 is 1.13 bits per heavy atom. The number of hydrogen-bond donors (Lipinski definition) is 3. The van der Waals surface area contributed by atoms with E-state index in [0.29, 0.717) is 13.0 Å². The van der Waals surface area contributed by atoms with Gasteiger partial charge in [-0.2, -0.15) is 13.2 Å². The van der Waals surface area contributed by atoms with Crippen molar-refractivity contribution in [3.63, 3.8) is 0 Å². The van der Waals surface area contributed by atoms with E-state index in [1.165, 1.54) is 12.1 Å². The van der Waals surface area contributed by atoms with Crippen LogP contribution in [0.1, 0.15) is 24.2 Å². The van der Waals surface area contributed by atoms with E-state index < -0.39 is 58.5 Å². The van der Waals surface area contributed by atoms with Crippen molar-refractivity contribution in [2.75, 3.05) is 17.2 Å². The monoisotopic (exact) mass is 465 g/mol. The van der Waals surface area contributed by atoms with Crippen molar-refractivity contribution in [3.05, 3.63) is 52.6 Å². The van der Waals surface area contributed by atoms with Crippen LogP contribution < -0.4 is 20.7 Å². The molecule has 0 aromatic heterocycles. The van der Waals surface area contributed by atoms with Crippen LogP contribution >= 0.6 is 11.6 Å². The standard InChI is InChI=1S/C19H17ClF5N3O3/c1-3-26-18(30)27-14-8-15(31-9(2)19(23,24)25)10(7-13(14)22)17(29)28-16-11(20)5-4-6-12(16)21/h4-9H,3H2,1-2H3,(H,28,29)(H2,26,27,30). The Balaban J connectivity index is 2.47. The number of benzene rings is 2. The van der Waals surface area contributed by atoms with Crippen molar-refractivity contribution < 1.29 is 36.3 Å². The van der Waals surface area contributed by atoms with Gasteiger partial charge in [0.25, 0.3) is 5.91 Å².